The van der Waals surface area contributed by atoms with Gasteiger partial charge in [0.1, 0.15) is 11.6 Å². The number of aryl methyl sites for hydroxylation is 1. The summed E-state index contributed by atoms with van der Waals surface area (Å²) >= 11 is 6.10. The summed E-state index contributed by atoms with van der Waals surface area (Å²) in [5, 5.41) is 11.7. The fraction of sp³-hybridized carbons (Fsp3) is 0.200. The molecular weight excluding hydrogens is 390 g/mol. The molecule has 1 aromatic carbocycles. The van der Waals surface area contributed by atoms with Crippen molar-refractivity contribution < 1.29 is 4.74 Å². The van der Waals surface area contributed by atoms with Crippen molar-refractivity contribution in [2.45, 2.75) is 13.3 Å². The van der Waals surface area contributed by atoms with Gasteiger partial charge in [0.2, 0.25) is 5.95 Å². The Morgan fingerprint density at radius 2 is 2.07 bits per heavy atom. The zero-order valence-electron chi connectivity index (χ0n) is 16.1. The molecule has 0 saturated heterocycles. The highest BCUT2D eigenvalue weighted by atomic mass is 35.5. The number of nitrogens with one attached hydrogen (secondary N) is 2. The first kappa shape index (κ1) is 18.9. The quantitative estimate of drug-likeness (QED) is 0.478. The number of benzene rings is 1. The molecule has 0 aliphatic carbocycles. The summed E-state index contributed by atoms with van der Waals surface area (Å²) in [7, 11) is 1.60. The van der Waals surface area contributed by atoms with Gasteiger partial charge in [-0.2, -0.15) is 9.50 Å². The molecule has 0 fully saturated rings. The zero-order valence-corrected chi connectivity index (χ0v) is 16.8. The number of pyridine rings is 1. The van der Waals surface area contributed by atoms with E-state index < -0.39 is 0 Å². The van der Waals surface area contributed by atoms with Crippen molar-refractivity contribution in [3.8, 4) is 5.75 Å². The van der Waals surface area contributed by atoms with Crippen LogP contribution in [0.5, 0.6) is 5.75 Å². The lowest BCUT2D eigenvalue weighted by molar-refractivity contribution is 0.417. The van der Waals surface area contributed by atoms with E-state index in [1.807, 2.05) is 25.3 Å². The molecule has 4 rings (SSSR count). The Morgan fingerprint density at radius 3 is 2.86 bits per heavy atom. The third-order valence-corrected chi connectivity index (χ3v) is 4.53. The topological polar surface area (TPSA) is 89.3 Å². The summed E-state index contributed by atoms with van der Waals surface area (Å²) in [5.74, 6) is 2.36. The molecule has 9 heteroatoms. The number of fused-ring (bicyclic) bond motifs is 1. The Balaban J connectivity index is 1.57. The normalized spacial score (nSPS) is 10.9. The highest BCUT2D eigenvalue weighted by Gasteiger charge is 2.12. The van der Waals surface area contributed by atoms with E-state index in [1.165, 1.54) is 0 Å². The molecule has 8 nitrogen and oxygen atoms in total. The minimum Gasteiger partial charge on any atom is -0.495 e. The second kappa shape index (κ2) is 8.32. The molecule has 0 saturated carbocycles. The summed E-state index contributed by atoms with van der Waals surface area (Å²) < 4.78 is 7.04. The maximum Gasteiger partial charge on any atom is 0.256 e. The highest BCUT2D eigenvalue weighted by molar-refractivity contribution is 6.31. The molecular formula is C20H20ClN7O. The Kier molecular flexibility index (Phi) is 5.44. The number of hydrogen-bond donors (Lipinski definition) is 2. The molecule has 0 unspecified atom stereocenters. The molecule has 0 radical (unpaired) electrons. The average Bonchev–Trinajstić information content (AvgIpc) is 3.11. The number of methoxy groups -OCH3 is 1. The number of rotatable bonds is 7. The van der Waals surface area contributed by atoms with Gasteiger partial charge in [-0.05, 0) is 43.2 Å². The largest absolute Gasteiger partial charge is 0.495 e. The van der Waals surface area contributed by atoms with E-state index in [1.54, 1.807) is 36.0 Å². The lowest BCUT2D eigenvalue weighted by Crippen LogP contribution is -2.10. The molecule has 3 aromatic heterocycles. The van der Waals surface area contributed by atoms with Crippen LogP contribution < -0.4 is 15.4 Å². The summed E-state index contributed by atoms with van der Waals surface area (Å²) in [6.45, 7) is 2.66. The standard InChI is InChI=1S/C20H20ClN7O/c1-13-10-18(23-9-7-14-4-3-8-22-12-14)28-20(24-13)26-19(27-28)25-16-11-15(21)5-6-17(16)29-2/h3-6,8,10-12,23H,7,9H2,1-2H3,(H,25,27). The van der Waals surface area contributed by atoms with Crippen LogP contribution in [-0.4, -0.2) is 38.2 Å². The van der Waals surface area contributed by atoms with Crippen LogP contribution in [0.15, 0.2) is 48.8 Å². The van der Waals surface area contributed by atoms with Crippen LogP contribution in [0.25, 0.3) is 5.78 Å². The van der Waals surface area contributed by atoms with E-state index in [0.29, 0.717) is 28.2 Å². The number of hydrogen-bond acceptors (Lipinski definition) is 7. The van der Waals surface area contributed by atoms with E-state index in [2.05, 4.69) is 36.8 Å². The molecule has 0 amide bonds. The summed E-state index contributed by atoms with van der Waals surface area (Å²) in [4.78, 5) is 13.1. The van der Waals surface area contributed by atoms with Gasteiger partial charge in [0.25, 0.3) is 5.78 Å². The first-order chi connectivity index (χ1) is 14.1. The van der Waals surface area contributed by atoms with Gasteiger partial charge in [0.15, 0.2) is 0 Å². The Hall–Kier alpha value is -3.39. The first-order valence-corrected chi connectivity index (χ1v) is 9.48. The molecule has 0 atom stereocenters. The van der Waals surface area contributed by atoms with Crippen LogP contribution in [0.1, 0.15) is 11.3 Å². The van der Waals surface area contributed by atoms with Crippen molar-refractivity contribution in [1.29, 1.82) is 0 Å². The van der Waals surface area contributed by atoms with Crippen LogP contribution in [0.4, 0.5) is 17.5 Å². The van der Waals surface area contributed by atoms with Gasteiger partial charge in [-0.3, -0.25) is 4.98 Å². The van der Waals surface area contributed by atoms with E-state index in [9.17, 15) is 0 Å². The SMILES string of the molecule is COc1ccc(Cl)cc1Nc1nc2nc(C)cc(NCCc3cccnc3)n2n1. The summed E-state index contributed by atoms with van der Waals surface area (Å²) in [6, 6.07) is 11.2. The molecule has 0 aliphatic heterocycles. The number of nitrogens with zero attached hydrogens (tertiary/aromatic N) is 5. The van der Waals surface area contributed by atoms with Crippen molar-refractivity contribution in [2.75, 3.05) is 24.3 Å². The Morgan fingerprint density at radius 1 is 1.17 bits per heavy atom. The zero-order chi connectivity index (χ0) is 20.2. The first-order valence-electron chi connectivity index (χ1n) is 9.10. The van der Waals surface area contributed by atoms with Gasteiger partial charge < -0.3 is 15.4 Å². The fourth-order valence-electron chi connectivity index (χ4n) is 2.94. The second-order valence-electron chi connectivity index (χ2n) is 6.44. The minimum atomic E-state index is 0.402. The van der Waals surface area contributed by atoms with Crippen LogP contribution in [0, 0.1) is 6.92 Å². The van der Waals surface area contributed by atoms with Gasteiger partial charge in [-0.15, -0.1) is 5.10 Å². The van der Waals surface area contributed by atoms with E-state index in [4.69, 9.17) is 16.3 Å². The van der Waals surface area contributed by atoms with E-state index in [0.717, 1.165) is 30.0 Å². The lowest BCUT2D eigenvalue weighted by Gasteiger charge is -2.09. The lowest BCUT2D eigenvalue weighted by atomic mass is 10.2. The van der Waals surface area contributed by atoms with Crippen LogP contribution in [0.3, 0.4) is 0 Å². The van der Waals surface area contributed by atoms with E-state index >= 15 is 0 Å². The van der Waals surface area contributed by atoms with Gasteiger partial charge in [0.05, 0.1) is 12.8 Å². The molecule has 29 heavy (non-hydrogen) atoms. The van der Waals surface area contributed by atoms with Crippen molar-refractivity contribution in [1.82, 2.24) is 24.6 Å². The molecule has 2 N–H and O–H groups in total. The van der Waals surface area contributed by atoms with Crippen molar-refractivity contribution >= 4 is 34.8 Å². The third-order valence-electron chi connectivity index (χ3n) is 4.29. The van der Waals surface area contributed by atoms with Crippen LogP contribution in [0.2, 0.25) is 5.02 Å². The third kappa shape index (κ3) is 4.38. The summed E-state index contributed by atoms with van der Waals surface area (Å²) in [5.41, 5.74) is 2.69. The van der Waals surface area contributed by atoms with Gasteiger partial charge in [0, 0.05) is 35.7 Å². The number of halogens is 1. The molecule has 0 bridgehead atoms. The number of anilines is 3. The molecule has 148 valence electrons. The number of ether oxygens (including phenoxy) is 1. The highest BCUT2D eigenvalue weighted by Crippen LogP contribution is 2.29. The monoisotopic (exact) mass is 409 g/mol. The molecule has 0 spiro atoms. The van der Waals surface area contributed by atoms with Crippen LogP contribution >= 0.6 is 11.6 Å². The van der Waals surface area contributed by atoms with Crippen LogP contribution in [-0.2, 0) is 6.42 Å². The molecule has 4 aromatic rings. The van der Waals surface area contributed by atoms with Gasteiger partial charge >= 0.3 is 0 Å². The maximum atomic E-state index is 6.10. The van der Waals surface area contributed by atoms with E-state index in [-0.39, 0.29) is 0 Å². The second-order valence-corrected chi connectivity index (χ2v) is 6.87. The fourth-order valence-corrected chi connectivity index (χ4v) is 3.12. The summed E-state index contributed by atoms with van der Waals surface area (Å²) in [6.07, 6.45) is 4.48. The van der Waals surface area contributed by atoms with Crippen molar-refractivity contribution in [3.05, 3.63) is 65.1 Å². The molecule has 3 heterocycles. The average molecular weight is 410 g/mol. The smallest absolute Gasteiger partial charge is 0.256 e. The predicted molar refractivity (Wildman–Crippen MR) is 113 cm³/mol. The van der Waals surface area contributed by atoms with Crippen molar-refractivity contribution in [3.63, 3.8) is 0 Å². The minimum absolute atomic E-state index is 0.402. The Bertz CT molecular complexity index is 1130. The Labute approximate surface area is 172 Å². The maximum absolute atomic E-state index is 6.10. The van der Waals surface area contributed by atoms with Gasteiger partial charge in [-0.1, -0.05) is 17.7 Å². The predicted octanol–water partition coefficient (Wildman–Crippen LogP) is 3.89. The van der Waals surface area contributed by atoms with Crippen molar-refractivity contribution in [2.24, 2.45) is 0 Å². The van der Waals surface area contributed by atoms with Gasteiger partial charge in [-0.25, -0.2) is 4.98 Å². The number of aromatic nitrogens is 5. The molecule has 0 aliphatic rings.